The van der Waals surface area contributed by atoms with Crippen LogP contribution in [0.4, 0.5) is 4.79 Å². The lowest BCUT2D eigenvalue weighted by molar-refractivity contribution is -0.0630. The molecular weight excluding hydrogens is 422 g/mol. The fourth-order valence-electron chi connectivity index (χ4n) is 4.05. The van der Waals surface area contributed by atoms with E-state index in [4.69, 9.17) is 9.47 Å². The number of benzene rings is 4. The van der Waals surface area contributed by atoms with Crippen LogP contribution in [0, 0.1) is 0 Å². The van der Waals surface area contributed by atoms with Crippen molar-refractivity contribution in [3.8, 4) is 0 Å². The molecule has 0 aliphatic carbocycles. The molecule has 0 radical (unpaired) electrons. The Morgan fingerprint density at radius 3 is 1.53 bits per heavy atom. The highest BCUT2D eigenvalue weighted by atomic mass is 16.6. The van der Waals surface area contributed by atoms with Crippen LogP contribution in [0.3, 0.4) is 0 Å². The van der Waals surface area contributed by atoms with E-state index in [9.17, 15) is 4.79 Å². The average molecular weight is 452 g/mol. The fourth-order valence-corrected chi connectivity index (χ4v) is 4.05. The van der Waals surface area contributed by atoms with Gasteiger partial charge in [-0.3, -0.25) is 5.32 Å². The summed E-state index contributed by atoms with van der Waals surface area (Å²) >= 11 is 0. The second kappa shape index (κ2) is 11.3. The van der Waals surface area contributed by atoms with Gasteiger partial charge in [-0.15, -0.1) is 0 Å². The van der Waals surface area contributed by atoms with E-state index in [1.165, 1.54) is 0 Å². The summed E-state index contributed by atoms with van der Waals surface area (Å²) in [4.78, 5) is 12.7. The molecule has 1 amide bonds. The molecule has 0 saturated carbocycles. The van der Waals surface area contributed by atoms with E-state index >= 15 is 0 Å². The molecule has 0 spiro atoms. The minimum atomic E-state index is -0.919. The molecule has 4 rings (SSSR count). The van der Waals surface area contributed by atoms with Gasteiger partial charge in [0.05, 0.1) is 0 Å². The van der Waals surface area contributed by atoms with Gasteiger partial charge in [-0.25, -0.2) is 4.79 Å². The Hall–Kier alpha value is -3.89. The number of carbonyl (C=O) groups is 1. The highest BCUT2D eigenvalue weighted by molar-refractivity contribution is 5.67. The fraction of sp³-hybridized carbons (Fsp3) is 0.167. The van der Waals surface area contributed by atoms with Crippen LogP contribution in [-0.4, -0.2) is 12.3 Å². The zero-order valence-corrected chi connectivity index (χ0v) is 19.3. The molecule has 172 valence electrons. The number of hydrogen-bond donors (Lipinski definition) is 1. The van der Waals surface area contributed by atoms with Crippen molar-refractivity contribution >= 4 is 6.09 Å². The van der Waals surface area contributed by atoms with Crippen molar-refractivity contribution in [2.24, 2.45) is 0 Å². The molecular formula is C30H29NO3. The second-order valence-corrected chi connectivity index (χ2v) is 8.00. The number of rotatable bonds is 9. The van der Waals surface area contributed by atoms with Crippen LogP contribution in [0.25, 0.3) is 0 Å². The maximum atomic E-state index is 12.7. The van der Waals surface area contributed by atoms with Gasteiger partial charge in [0, 0.05) is 0 Å². The largest absolute Gasteiger partial charge is 0.445 e. The van der Waals surface area contributed by atoms with Crippen molar-refractivity contribution in [3.63, 3.8) is 0 Å². The minimum Gasteiger partial charge on any atom is -0.445 e. The van der Waals surface area contributed by atoms with Gasteiger partial charge in [0.25, 0.3) is 0 Å². The van der Waals surface area contributed by atoms with Crippen LogP contribution >= 0.6 is 0 Å². The molecule has 1 unspecified atom stereocenters. The second-order valence-electron chi connectivity index (χ2n) is 8.00. The molecule has 34 heavy (non-hydrogen) atoms. The monoisotopic (exact) mass is 451 g/mol. The molecule has 1 atom stereocenters. The molecule has 0 saturated heterocycles. The SMILES string of the molecule is CCC(NC(=O)OCc1ccccc1)OC(c1ccccc1)(c1ccccc1)c1ccccc1. The molecule has 4 nitrogen and oxygen atoms in total. The zero-order valence-electron chi connectivity index (χ0n) is 19.3. The maximum absolute atomic E-state index is 12.7. The highest BCUT2D eigenvalue weighted by Gasteiger charge is 2.40. The van der Waals surface area contributed by atoms with Gasteiger partial charge >= 0.3 is 6.09 Å². The molecule has 4 aromatic rings. The lowest BCUT2D eigenvalue weighted by Crippen LogP contribution is -2.44. The van der Waals surface area contributed by atoms with Gasteiger partial charge < -0.3 is 9.47 Å². The number of alkyl carbamates (subject to hydrolysis) is 1. The number of amides is 1. The van der Waals surface area contributed by atoms with Crippen molar-refractivity contribution < 1.29 is 14.3 Å². The van der Waals surface area contributed by atoms with Crippen LogP contribution in [0.2, 0.25) is 0 Å². The zero-order chi connectivity index (χ0) is 23.6. The number of carbonyl (C=O) groups excluding carboxylic acids is 1. The summed E-state index contributed by atoms with van der Waals surface area (Å²) in [7, 11) is 0. The third-order valence-electron chi connectivity index (χ3n) is 5.72. The molecule has 0 aliphatic heterocycles. The number of hydrogen-bond acceptors (Lipinski definition) is 3. The van der Waals surface area contributed by atoms with Gasteiger partial charge in [0.1, 0.15) is 18.4 Å². The molecule has 0 heterocycles. The highest BCUT2D eigenvalue weighted by Crippen LogP contribution is 2.41. The maximum Gasteiger partial charge on any atom is 0.409 e. The summed E-state index contributed by atoms with van der Waals surface area (Å²) in [6, 6.07) is 39.9. The summed E-state index contributed by atoms with van der Waals surface area (Å²) in [5.74, 6) is 0. The van der Waals surface area contributed by atoms with Crippen molar-refractivity contribution in [2.45, 2.75) is 31.8 Å². The van der Waals surface area contributed by atoms with Crippen LogP contribution in [0.5, 0.6) is 0 Å². The number of nitrogens with one attached hydrogen (secondary N) is 1. The Bertz CT molecular complexity index is 1050. The Morgan fingerprint density at radius 2 is 1.12 bits per heavy atom. The standard InChI is InChI=1S/C30H29NO3/c1-2-28(31-29(32)33-23-24-15-7-3-8-16-24)34-30(25-17-9-4-10-18-25,26-19-11-5-12-20-26)27-21-13-6-14-22-27/h3-22,28H,2,23H2,1H3,(H,31,32). The lowest BCUT2D eigenvalue weighted by atomic mass is 9.80. The molecule has 4 heteroatoms. The first-order chi connectivity index (χ1) is 16.7. The first kappa shape index (κ1) is 23.3. The van der Waals surface area contributed by atoms with Gasteiger partial charge in [-0.05, 0) is 28.7 Å². The summed E-state index contributed by atoms with van der Waals surface area (Å²) < 4.78 is 12.3. The smallest absolute Gasteiger partial charge is 0.409 e. The topological polar surface area (TPSA) is 47.6 Å². The van der Waals surface area contributed by atoms with Gasteiger partial charge in [0.2, 0.25) is 0 Å². The predicted octanol–water partition coefficient (Wildman–Crippen LogP) is 6.66. The van der Waals surface area contributed by atoms with Crippen molar-refractivity contribution in [3.05, 3.63) is 144 Å². The Labute approximate surface area is 201 Å². The Kier molecular flexibility index (Phi) is 7.74. The normalized spacial score (nSPS) is 12.0. The molecule has 0 aromatic heterocycles. The average Bonchev–Trinajstić information content (AvgIpc) is 2.92. The van der Waals surface area contributed by atoms with E-state index in [1.54, 1.807) is 0 Å². The van der Waals surface area contributed by atoms with E-state index in [2.05, 4.69) is 41.7 Å². The number of ether oxygens (including phenoxy) is 2. The van der Waals surface area contributed by atoms with E-state index in [-0.39, 0.29) is 6.61 Å². The van der Waals surface area contributed by atoms with Crippen molar-refractivity contribution in [1.82, 2.24) is 5.32 Å². The van der Waals surface area contributed by atoms with Crippen LogP contribution < -0.4 is 5.32 Å². The van der Waals surface area contributed by atoms with E-state index in [0.717, 1.165) is 22.3 Å². The third-order valence-corrected chi connectivity index (χ3v) is 5.72. The van der Waals surface area contributed by atoms with Crippen LogP contribution in [0.15, 0.2) is 121 Å². The quantitative estimate of drug-likeness (QED) is 0.229. The van der Waals surface area contributed by atoms with Crippen LogP contribution in [-0.2, 0) is 21.7 Å². The minimum absolute atomic E-state index is 0.199. The molecule has 1 N–H and O–H groups in total. The van der Waals surface area contributed by atoms with E-state index in [0.29, 0.717) is 6.42 Å². The third kappa shape index (κ3) is 5.36. The van der Waals surface area contributed by atoms with Gasteiger partial charge in [-0.2, -0.15) is 0 Å². The van der Waals surface area contributed by atoms with Crippen molar-refractivity contribution in [2.75, 3.05) is 0 Å². The van der Waals surface area contributed by atoms with E-state index in [1.807, 2.05) is 91.9 Å². The summed E-state index contributed by atoms with van der Waals surface area (Å²) in [5, 5.41) is 2.92. The first-order valence-corrected chi connectivity index (χ1v) is 11.5. The summed E-state index contributed by atoms with van der Waals surface area (Å²) in [5.41, 5.74) is 2.94. The predicted molar refractivity (Wildman–Crippen MR) is 134 cm³/mol. The lowest BCUT2D eigenvalue weighted by Gasteiger charge is -2.38. The van der Waals surface area contributed by atoms with E-state index < -0.39 is 17.9 Å². The first-order valence-electron chi connectivity index (χ1n) is 11.5. The Balaban J connectivity index is 1.66. The molecule has 4 aromatic carbocycles. The van der Waals surface area contributed by atoms with Gasteiger partial charge in [-0.1, -0.05) is 128 Å². The van der Waals surface area contributed by atoms with Gasteiger partial charge in [0.15, 0.2) is 0 Å². The van der Waals surface area contributed by atoms with Crippen molar-refractivity contribution in [1.29, 1.82) is 0 Å². The van der Waals surface area contributed by atoms with Crippen LogP contribution in [0.1, 0.15) is 35.6 Å². The molecule has 0 bridgehead atoms. The summed E-state index contributed by atoms with van der Waals surface area (Å²) in [6.45, 7) is 2.18. The molecule has 0 aliphatic rings. The molecule has 0 fully saturated rings. The Morgan fingerprint density at radius 1 is 0.706 bits per heavy atom. The summed E-state index contributed by atoms with van der Waals surface area (Å²) in [6.07, 6.45) is -0.531.